The van der Waals surface area contributed by atoms with Crippen LogP contribution < -0.4 is 15.5 Å². The smallest absolute Gasteiger partial charge is 0.322 e. The number of aryl methyl sites for hydroxylation is 3. The van der Waals surface area contributed by atoms with E-state index in [2.05, 4.69) is 42.7 Å². The Morgan fingerprint density at radius 3 is 2.50 bits per heavy atom. The summed E-state index contributed by atoms with van der Waals surface area (Å²) in [6, 6.07) is 13.5. The highest BCUT2D eigenvalue weighted by atomic mass is 32.2. The number of benzene rings is 2. The van der Waals surface area contributed by atoms with Crippen LogP contribution in [0.5, 0.6) is 0 Å². The van der Waals surface area contributed by atoms with Crippen LogP contribution in [0, 0.1) is 13.8 Å². The van der Waals surface area contributed by atoms with E-state index < -0.39 is 10.0 Å². The summed E-state index contributed by atoms with van der Waals surface area (Å²) in [4.78, 5) is 36.7. The number of rotatable bonds is 11. The van der Waals surface area contributed by atoms with Crippen molar-refractivity contribution in [1.29, 1.82) is 0 Å². The predicted octanol–water partition coefficient (Wildman–Crippen LogP) is 4.36. The minimum absolute atomic E-state index is 0.125. The van der Waals surface area contributed by atoms with Crippen LogP contribution in [0.3, 0.4) is 0 Å². The standard InChI is InChI=1S/C36H47N9O4S/c1-25-23-38-35(39-26(25)2)40-30-13-18-44(19-14-30)50(48,49)31-8-5-7-27(21-31)24-43-16-11-28(12-17-43)29-9-10-32-33(22-29)42(4)41-34(32)45(15-6-20-46)36(47)37-3/h5,7-10,20-23,28,30H,6,11-19,24H2,1-4H3,(H,37,47)(H,38,39,40). The Hall–Kier alpha value is -4.40. The lowest BCUT2D eigenvalue weighted by Crippen LogP contribution is -2.42. The van der Waals surface area contributed by atoms with Gasteiger partial charge in [0.2, 0.25) is 16.0 Å². The fourth-order valence-corrected chi connectivity index (χ4v) is 8.53. The number of aldehydes is 1. The molecule has 2 saturated heterocycles. The van der Waals surface area contributed by atoms with Gasteiger partial charge in [-0.1, -0.05) is 18.2 Å². The molecule has 2 amide bonds. The second kappa shape index (κ2) is 15.2. The van der Waals surface area contributed by atoms with Gasteiger partial charge in [0.05, 0.1) is 10.4 Å². The number of hydrogen-bond donors (Lipinski definition) is 2. The number of hydrogen-bond acceptors (Lipinski definition) is 9. The van der Waals surface area contributed by atoms with Crippen molar-refractivity contribution in [3.05, 3.63) is 71.0 Å². The van der Waals surface area contributed by atoms with Crippen molar-refractivity contribution < 1.29 is 18.0 Å². The number of nitrogens with one attached hydrogen (secondary N) is 2. The van der Waals surface area contributed by atoms with Crippen molar-refractivity contribution in [2.75, 3.05) is 50.0 Å². The van der Waals surface area contributed by atoms with Gasteiger partial charge in [-0.15, -0.1) is 0 Å². The number of piperidine rings is 2. The van der Waals surface area contributed by atoms with E-state index in [-0.39, 0.29) is 25.0 Å². The molecule has 4 aromatic rings. The Balaban J connectivity index is 1.05. The molecule has 4 heterocycles. The van der Waals surface area contributed by atoms with Gasteiger partial charge in [0, 0.05) is 70.0 Å². The van der Waals surface area contributed by atoms with Gasteiger partial charge < -0.3 is 15.4 Å². The maximum Gasteiger partial charge on any atom is 0.322 e. The third kappa shape index (κ3) is 7.67. The normalized spacial score (nSPS) is 16.8. The number of likely N-dealkylation sites (tertiary alicyclic amines) is 1. The van der Waals surface area contributed by atoms with E-state index in [1.54, 1.807) is 22.1 Å². The molecule has 2 aliphatic heterocycles. The minimum atomic E-state index is -3.61. The Kier molecular flexibility index (Phi) is 10.8. The molecule has 0 saturated carbocycles. The van der Waals surface area contributed by atoms with Crippen molar-refractivity contribution in [3.8, 4) is 0 Å². The Morgan fingerprint density at radius 1 is 1.04 bits per heavy atom. The van der Waals surface area contributed by atoms with Crippen molar-refractivity contribution in [2.24, 2.45) is 7.05 Å². The van der Waals surface area contributed by atoms with Gasteiger partial charge in [0.15, 0.2) is 5.82 Å². The zero-order valence-electron chi connectivity index (χ0n) is 29.3. The highest BCUT2D eigenvalue weighted by molar-refractivity contribution is 7.89. The van der Waals surface area contributed by atoms with Gasteiger partial charge >= 0.3 is 6.03 Å². The number of fused-ring (bicyclic) bond motifs is 1. The number of nitrogens with zero attached hydrogens (tertiary/aromatic N) is 7. The lowest BCUT2D eigenvalue weighted by molar-refractivity contribution is -0.107. The van der Waals surface area contributed by atoms with Crippen molar-refractivity contribution in [3.63, 3.8) is 0 Å². The largest absolute Gasteiger partial charge is 0.351 e. The number of aromatic nitrogens is 4. The third-order valence-electron chi connectivity index (χ3n) is 10.1. The van der Waals surface area contributed by atoms with Gasteiger partial charge in [0.1, 0.15) is 6.29 Å². The maximum absolute atomic E-state index is 13.7. The summed E-state index contributed by atoms with van der Waals surface area (Å²) in [5, 5.41) is 11.5. The van der Waals surface area contributed by atoms with Gasteiger partial charge in [0.25, 0.3) is 0 Å². The molecule has 0 atom stereocenters. The van der Waals surface area contributed by atoms with Crippen LogP contribution in [0.2, 0.25) is 0 Å². The van der Waals surface area contributed by atoms with Crippen LogP contribution in [0.25, 0.3) is 10.9 Å². The van der Waals surface area contributed by atoms with Crippen LogP contribution in [-0.2, 0) is 28.4 Å². The first-order valence-electron chi connectivity index (χ1n) is 17.3. The summed E-state index contributed by atoms with van der Waals surface area (Å²) in [6.45, 7) is 7.58. The minimum Gasteiger partial charge on any atom is -0.351 e. The zero-order valence-corrected chi connectivity index (χ0v) is 30.1. The van der Waals surface area contributed by atoms with Crippen LogP contribution in [-0.4, -0.2) is 95.5 Å². The molecule has 13 nitrogen and oxygen atoms in total. The van der Waals surface area contributed by atoms with Gasteiger partial charge in [-0.05, 0) is 99.5 Å². The zero-order chi connectivity index (χ0) is 35.4. The molecule has 2 aromatic heterocycles. The van der Waals surface area contributed by atoms with Crippen molar-refractivity contribution >= 4 is 45.0 Å². The van der Waals surface area contributed by atoms with Gasteiger partial charge in [-0.25, -0.2) is 23.2 Å². The highest BCUT2D eigenvalue weighted by Gasteiger charge is 2.30. The average Bonchev–Trinajstić information content (AvgIpc) is 3.45. The van der Waals surface area contributed by atoms with E-state index in [9.17, 15) is 18.0 Å². The number of anilines is 2. The number of urea groups is 1. The van der Waals surface area contributed by atoms with Crippen LogP contribution in [0.15, 0.2) is 53.6 Å². The molecular weight excluding hydrogens is 655 g/mol. The molecule has 0 unspecified atom stereocenters. The van der Waals surface area contributed by atoms with Gasteiger partial charge in [-0.3, -0.25) is 14.5 Å². The average molecular weight is 702 g/mol. The van der Waals surface area contributed by atoms with E-state index in [1.807, 2.05) is 51.4 Å². The van der Waals surface area contributed by atoms with E-state index in [1.165, 1.54) is 10.5 Å². The molecule has 6 rings (SSSR count). The molecule has 2 N–H and O–H groups in total. The second-order valence-corrected chi connectivity index (χ2v) is 15.3. The summed E-state index contributed by atoms with van der Waals surface area (Å²) in [7, 11) is -0.169. The number of sulfonamides is 1. The first-order valence-corrected chi connectivity index (χ1v) is 18.8. The monoisotopic (exact) mass is 701 g/mol. The molecule has 0 bridgehead atoms. The molecule has 2 aromatic carbocycles. The number of amides is 2. The van der Waals surface area contributed by atoms with E-state index in [4.69, 9.17) is 0 Å². The predicted molar refractivity (Wildman–Crippen MR) is 194 cm³/mol. The maximum atomic E-state index is 13.7. The van der Waals surface area contributed by atoms with E-state index in [0.29, 0.717) is 55.1 Å². The SMILES string of the molecule is CNC(=O)N(CCC=O)c1nn(C)c2cc(C3CCN(Cc4cccc(S(=O)(=O)N5CCC(Nc6ncc(C)c(C)n6)CC5)c4)CC3)ccc12. The quantitative estimate of drug-likeness (QED) is 0.218. The van der Waals surface area contributed by atoms with Crippen molar-refractivity contribution in [2.45, 2.75) is 69.4 Å². The first-order chi connectivity index (χ1) is 24.1. The van der Waals surface area contributed by atoms with Crippen LogP contribution >= 0.6 is 0 Å². The molecule has 266 valence electrons. The first kappa shape index (κ1) is 35.4. The fraction of sp³-hybridized carbons (Fsp3) is 0.472. The molecule has 0 radical (unpaired) electrons. The molecule has 2 fully saturated rings. The molecular formula is C36H47N9O4S. The van der Waals surface area contributed by atoms with Gasteiger partial charge in [-0.2, -0.15) is 9.40 Å². The third-order valence-corrected chi connectivity index (χ3v) is 11.9. The van der Waals surface area contributed by atoms with Crippen LogP contribution in [0.1, 0.15) is 60.4 Å². The highest BCUT2D eigenvalue weighted by Crippen LogP contribution is 2.34. The summed E-state index contributed by atoms with van der Waals surface area (Å²) >= 11 is 0. The summed E-state index contributed by atoms with van der Waals surface area (Å²) in [5.41, 5.74) is 5.14. The van der Waals surface area contributed by atoms with Crippen LogP contribution in [0.4, 0.5) is 16.6 Å². The lowest BCUT2D eigenvalue weighted by Gasteiger charge is -2.33. The summed E-state index contributed by atoms with van der Waals surface area (Å²) < 4.78 is 30.7. The Morgan fingerprint density at radius 2 is 1.80 bits per heavy atom. The molecule has 14 heteroatoms. The molecule has 0 spiro atoms. The van der Waals surface area contributed by atoms with Crippen molar-refractivity contribution in [1.82, 2.24) is 34.3 Å². The fourth-order valence-electron chi connectivity index (χ4n) is 6.98. The number of carbonyl (C=O) groups is 2. The van der Waals surface area contributed by atoms with E-state index in [0.717, 1.165) is 59.9 Å². The topological polar surface area (TPSA) is 146 Å². The molecule has 50 heavy (non-hydrogen) atoms. The Labute approximate surface area is 294 Å². The molecule has 2 aliphatic rings. The summed E-state index contributed by atoms with van der Waals surface area (Å²) in [6.07, 6.45) is 6.18. The van der Waals surface area contributed by atoms with E-state index >= 15 is 0 Å². The number of carbonyl (C=O) groups excluding carboxylic acids is 2. The Bertz CT molecular complexity index is 1950. The second-order valence-electron chi connectivity index (χ2n) is 13.4. The molecule has 0 aliphatic carbocycles. The lowest BCUT2D eigenvalue weighted by atomic mass is 9.89. The summed E-state index contributed by atoms with van der Waals surface area (Å²) in [5.74, 6) is 1.51.